The van der Waals surface area contributed by atoms with E-state index in [1.54, 1.807) is 0 Å². The molecule has 0 saturated carbocycles. The first-order valence-electron chi connectivity index (χ1n) is 4.88. The first-order chi connectivity index (χ1) is 7.43. The molecule has 0 aliphatic rings. The van der Waals surface area contributed by atoms with Gasteiger partial charge in [-0.1, -0.05) is 36.4 Å². The molecular formula is C14H9O. The molecule has 1 nitrogen and oxygen atoms in total. The SMILES string of the molecule is [c]1ccc2oc(-c3ccccc3)cc2c1. The van der Waals surface area contributed by atoms with Crippen molar-refractivity contribution in [2.45, 2.75) is 0 Å². The minimum absolute atomic E-state index is 0.908. The lowest BCUT2D eigenvalue weighted by Crippen LogP contribution is -1.69. The van der Waals surface area contributed by atoms with Crippen LogP contribution in [0, 0.1) is 6.07 Å². The van der Waals surface area contributed by atoms with Gasteiger partial charge in [-0.25, -0.2) is 0 Å². The molecule has 0 spiro atoms. The van der Waals surface area contributed by atoms with Crippen molar-refractivity contribution in [1.29, 1.82) is 0 Å². The van der Waals surface area contributed by atoms with Crippen molar-refractivity contribution < 1.29 is 4.42 Å². The van der Waals surface area contributed by atoms with Crippen molar-refractivity contribution in [2.24, 2.45) is 0 Å². The molecule has 0 unspecified atom stereocenters. The fourth-order valence-corrected chi connectivity index (χ4v) is 1.67. The van der Waals surface area contributed by atoms with E-state index in [1.165, 1.54) is 0 Å². The van der Waals surface area contributed by atoms with Gasteiger partial charge in [0, 0.05) is 10.9 Å². The van der Waals surface area contributed by atoms with Gasteiger partial charge in [-0.2, -0.15) is 0 Å². The monoisotopic (exact) mass is 193 g/mol. The molecule has 71 valence electrons. The predicted molar refractivity (Wildman–Crippen MR) is 60.5 cm³/mol. The molecular weight excluding hydrogens is 184 g/mol. The van der Waals surface area contributed by atoms with E-state index in [-0.39, 0.29) is 0 Å². The molecule has 3 aromatic rings. The third kappa shape index (κ3) is 1.42. The van der Waals surface area contributed by atoms with Crippen molar-refractivity contribution in [1.82, 2.24) is 0 Å². The number of fused-ring (bicyclic) bond motifs is 1. The highest BCUT2D eigenvalue weighted by molar-refractivity contribution is 5.82. The summed E-state index contributed by atoms with van der Waals surface area (Å²) in [5, 5.41) is 1.09. The molecule has 1 heterocycles. The first kappa shape index (κ1) is 8.30. The lowest BCUT2D eigenvalue weighted by atomic mass is 10.1. The van der Waals surface area contributed by atoms with Crippen LogP contribution in [0.15, 0.2) is 59.0 Å². The topological polar surface area (TPSA) is 13.1 Å². The van der Waals surface area contributed by atoms with E-state index in [4.69, 9.17) is 4.42 Å². The largest absolute Gasteiger partial charge is 0.456 e. The standard InChI is InChI=1S/C14H9O/c1-2-6-11(7-3-1)14-10-12-8-4-5-9-13(12)15-14/h1-3,5-10H. The fourth-order valence-electron chi connectivity index (χ4n) is 1.67. The highest BCUT2D eigenvalue weighted by Crippen LogP contribution is 2.26. The Hall–Kier alpha value is -2.02. The summed E-state index contributed by atoms with van der Waals surface area (Å²) in [6, 6.07) is 20.9. The van der Waals surface area contributed by atoms with Crippen LogP contribution in [0.3, 0.4) is 0 Å². The van der Waals surface area contributed by atoms with Gasteiger partial charge >= 0.3 is 0 Å². The zero-order valence-corrected chi connectivity index (χ0v) is 8.10. The van der Waals surface area contributed by atoms with Gasteiger partial charge in [-0.05, 0) is 24.3 Å². The van der Waals surface area contributed by atoms with Crippen LogP contribution in [-0.2, 0) is 0 Å². The molecule has 0 fully saturated rings. The van der Waals surface area contributed by atoms with E-state index in [9.17, 15) is 0 Å². The van der Waals surface area contributed by atoms with Crippen LogP contribution in [0.5, 0.6) is 0 Å². The van der Waals surface area contributed by atoms with E-state index < -0.39 is 0 Å². The van der Waals surface area contributed by atoms with Crippen molar-refractivity contribution in [2.75, 3.05) is 0 Å². The highest BCUT2D eigenvalue weighted by Gasteiger charge is 2.03. The van der Waals surface area contributed by atoms with E-state index in [2.05, 4.69) is 6.07 Å². The summed E-state index contributed by atoms with van der Waals surface area (Å²) in [5.74, 6) is 0.908. The number of rotatable bonds is 1. The van der Waals surface area contributed by atoms with Crippen LogP contribution in [0.2, 0.25) is 0 Å². The van der Waals surface area contributed by atoms with Gasteiger partial charge in [-0.3, -0.25) is 0 Å². The summed E-state index contributed by atoms with van der Waals surface area (Å²) in [7, 11) is 0. The second-order valence-corrected chi connectivity index (χ2v) is 3.44. The molecule has 0 amide bonds. The maximum atomic E-state index is 5.73. The summed E-state index contributed by atoms with van der Waals surface area (Å²) in [4.78, 5) is 0. The Labute approximate surface area is 88.0 Å². The van der Waals surface area contributed by atoms with Gasteiger partial charge in [0.05, 0.1) is 0 Å². The average molecular weight is 193 g/mol. The summed E-state index contributed by atoms with van der Waals surface area (Å²) in [5.41, 5.74) is 2.02. The number of hydrogen-bond acceptors (Lipinski definition) is 1. The van der Waals surface area contributed by atoms with E-state index in [1.807, 2.05) is 54.6 Å². The molecule has 0 aliphatic carbocycles. The van der Waals surface area contributed by atoms with E-state index >= 15 is 0 Å². The first-order valence-corrected chi connectivity index (χ1v) is 4.88. The van der Waals surface area contributed by atoms with Gasteiger partial charge < -0.3 is 4.42 Å². The molecule has 0 saturated heterocycles. The molecule has 0 atom stereocenters. The fraction of sp³-hybridized carbons (Fsp3) is 0. The second kappa shape index (κ2) is 3.28. The molecule has 3 rings (SSSR count). The zero-order chi connectivity index (χ0) is 10.1. The lowest BCUT2D eigenvalue weighted by Gasteiger charge is -1.93. The molecule has 1 aromatic heterocycles. The summed E-state index contributed by atoms with van der Waals surface area (Å²) in [6.45, 7) is 0. The molecule has 0 bridgehead atoms. The van der Waals surface area contributed by atoms with Crippen LogP contribution in [0.25, 0.3) is 22.3 Å². The minimum atomic E-state index is 0.908. The molecule has 2 aromatic carbocycles. The van der Waals surface area contributed by atoms with Gasteiger partial charge in [0.15, 0.2) is 0 Å². The summed E-state index contributed by atoms with van der Waals surface area (Å²) in [6.07, 6.45) is 0. The van der Waals surface area contributed by atoms with Gasteiger partial charge in [0.1, 0.15) is 11.3 Å². The molecule has 0 aliphatic heterocycles. The van der Waals surface area contributed by atoms with Crippen LogP contribution in [0.4, 0.5) is 0 Å². The second-order valence-electron chi connectivity index (χ2n) is 3.44. The van der Waals surface area contributed by atoms with Crippen molar-refractivity contribution in [3.63, 3.8) is 0 Å². The third-order valence-corrected chi connectivity index (χ3v) is 2.42. The third-order valence-electron chi connectivity index (χ3n) is 2.42. The molecule has 1 heteroatoms. The maximum Gasteiger partial charge on any atom is 0.135 e. The van der Waals surface area contributed by atoms with Gasteiger partial charge in [0.25, 0.3) is 0 Å². The van der Waals surface area contributed by atoms with Gasteiger partial charge in [-0.15, -0.1) is 0 Å². The molecule has 0 N–H and O–H groups in total. The van der Waals surface area contributed by atoms with E-state index in [0.717, 1.165) is 22.3 Å². The molecule has 15 heavy (non-hydrogen) atoms. The van der Waals surface area contributed by atoms with Crippen LogP contribution in [-0.4, -0.2) is 0 Å². The Morgan fingerprint density at radius 2 is 1.87 bits per heavy atom. The smallest absolute Gasteiger partial charge is 0.135 e. The lowest BCUT2D eigenvalue weighted by molar-refractivity contribution is 0.631. The van der Waals surface area contributed by atoms with Crippen LogP contribution in [0.1, 0.15) is 0 Å². The number of benzene rings is 2. The van der Waals surface area contributed by atoms with Crippen molar-refractivity contribution in [3.05, 3.63) is 60.7 Å². The van der Waals surface area contributed by atoms with Crippen LogP contribution >= 0.6 is 0 Å². The van der Waals surface area contributed by atoms with Crippen molar-refractivity contribution >= 4 is 11.0 Å². The Balaban J connectivity index is 2.21. The van der Waals surface area contributed by atoms with Gasteiger partial charge in [0.2, 0.25) is 0 Å². The Morgan fingerprint density at radius 3 is 2.67 bits per heavy atom. The average Bonchev–Trinajstić information content (AvgIpc) is 2.74. The molecule has 1 radical (unpaired) electrons. The predicted octanol–water partition coefficient (Wildman–Crippen LogP) is 3.90. The Kier molecular flexibility index (Phi) is 1.82. The Morgan fingerprint density at radius 1 is 1.00 bits per heavy atom. The summed E-state index contributed by atoms with van der Waals surface area (Å²) < 4.78 is 5.73. The zero-order valence-electron chi connectivity index (χ0n) is 8.10. The Bertz CT molecular complexity index is 545. The highest BCUT2D eigenvalue weighted by atomic mass is 16.3. The van der Waals surface area contributed by atoms with Crippen molar-refractivity contribution in [3.8, 4) is 11.3 Å². The van der Waals surface area contributed by atoms with Crippen LogP contribution < -0.4 is 0 Å². The van der Waals surface area contributed by atoms with E-state index in [0.29, 0.717) is 0 Å². The minimum Gasteiger partial charge on any atom is -0.456 e. The quantitative estimate of drug-likeness (QED) is 0.571. The normalized spacial score (nSPS) is 10.7. The maximum absolute atomic E-state index is 5.73. The number of furan rings is 1. The summed E-state index contributed by atoms with van der Waals surface area (Å²) >= 11 is 0. The number of hydrogen-bond donors (Lipinski definition) is 0.